The van der Waals surface area contributed by atoms with E-state index in [1.807, 2.05) is 37.4 Å². The smallest absolute Gasteiger partial charge is 0.294 e. The zero-order valence-corrected chi connectivity index (χ0v) is 8.77. The highest BCUT2D eigenvalue weighted by molar-refractivity contribution is 5.42. The van der Waals surface area contributed by atoms with Crippen molar-refractivity contribution in [3.8, 4) is 5.69 Å². The monoisotopic (exact) mass is 203 g/mol. The van der Waals surface area contributed by atoms with E-state index in [9.17, 15) is 4.79 Å². The summed E-state index contributed by atoms with van der Waals surface area (Å²) in [5.41, 5.74) is 1.43. The third-order valence-electron chi connectivity index (χ3n) is 2.32. The Morgan fingerprint density at radius 3 is 2.40 bits per heavy atom. The molecule has 0 fully saturated rings. The molecule has 78 valence electrons. The van der Waals surface area contributed by atoms with Gasteiger partial charge in [0.05, 0.1) is 11.9 Å². The first-order chi connectivity index (χ1) is 7.24. The highest BCUT2D eigenvalue weighted by Crippen LogP contribution is 2.07. The molecule has 1 aromatic heterocycles. The maximum absolute atomic E-state index is 11.9. The van der Waals surface area contributed by atoms with E-state index in [0.29, 0.717) is 5.69 Å². The van der Waals surface area contributed by atoms with Gasteiger partial charge >= 0.3 is 0 Å². The number of nitrogens with one attached hydrogen (secondary N) is 1. The Balaban J connectivity index is 2.64. The van der Waals surface area contributed by atoms with Crippen molar-refractivity contribution in [2.45, 2.75) is 0 Å². The van der Waals surface area contributed by atoms with E-state index in [-0.39, 0.29) is 5.56 Å². The molecule has 1 N–H and O–H groups in total. The molecule has 2 aromatic rings. The van der Waals surface area contributed by atoms with Crippen molar-refractivity contribution < 1.29 is 0 Å². The Labute approximate surface area is 87.7 Å². The van der Waals surface area contributed by atoms with Gasteiger partial charge in [-0.1, -0.05) is 18.2 Å². The summed E-state index contributed by atoms with van der Waals surface area (Å²) in [6, 6.07) is 9.56. The summed E-state index contributed by atoms with van der Waals surface area (Å²) in [4.78, 5) is 11.9. The van der Waals surface area contributed by atoms with Gasteiger partial charge in [0.25, 0.3) is 5.56 Å². The molecule has 0 bridgehead atoms. The predicted octanol–water partition coefficient (Wildman–Crippen LogP) is 1.22. The minimum Gasteiger partial charge on any atom is -0.382 e. The highest BCUT2D eigenvalue weighted by atomic mass is 16.1. The van der Waals surface area contributed by atoms with Crippen LogP contribution in [0.4, 0.5) is 5.69 Å². The maximum Gasteiger partial charge on any atom is 0.294 e. The van der Waals surface area contributed by atoms with E-state index in [0.717, 1.165) is 5.69 Å². The Morgan fingerprint density at radius 2 is 1.87 bits per heavy atom. The van der Waals surface area contributed by atoms with Crippen LogP contribution in [0.25, 0.3) is 5.69 Å². The molecule has 0 radical (unpaired) electrons. The Bertz CT molecular complexity index is 510. The van der Waals surface area contributed by atoms with Crippen molar-refractivity contribution in [2.24, 2.45) is 7.05 Å². The van der Waals surface area contributed by atoms with Crippen molar-refractivity contribution in [3.63, 3.8) is 0 Å². The fourth-order valence-electron chi connectivity index (χ4n) is 1.60. The molecule has 4 nitrogen and oxygen atoms in total. The van der Waals surface area contributed by atoms with E-state index < -0.39 is 0 Å². The molecule has 1 heterocycles. The van der Waals surface area contributed by atoms with E-state index in [4.69, 9.17) is 0 Å². The van der Waals surface area contributed by atoms with Crippen LogP contribution in [-0.4, -0.2) is 16.4 Å². The quantitative estimate of drug-likeness (QED) is 0.797. The van der Waals surface area contributed by atoms with Crippen molar-refractivity contribution >= 4 is 5.69 Å². The van der Waals surface area contributed by atoms with Gasteiger partial charge in [-0.2, -0.15) is 0 Å². The summed E-state index contributed by atoms with van der Waals surface area (Å²) in [5, 5.41) is 2.87. The molecule has 1 aromatic carbocycles. The minimum absolute atomic E-state index is 0.0359. The number of aryl methyl sites for hydroxylation is 1. The summed E-state index contributed by atoms with van der Waals surface area (Å²) >= 11 is 0. The van der Waals surface area contributed by atoms with Crippen LogP contribution in [0.5, 0.6) is 0 Å². The lowest BCUT2D eigenvalue weighted by atomic mass is 10.3. The second-order valence-electron chi connectivity index (χ2n) is 3.32. The lowest BCUT2D eigenvalue weighted by molar-refractivity contribution is 0.646. The van der Waals surface area contributed by atoms with Crippen LogP contribution in [0.15, 0.2) is 41.3 Å². The molecule has 0 spiro atoms. The Morgan fingerprint density at radius 1 is 1.20 bits per heavy atom. The summed E-state index contributed by atoms with van der Waals surface area (Å²) in [7, 11) is 3.58. The molecular formula is C11H13N3O. The van der Waals surface area contributed by atoms with Crippen molar-refractivity contribution in [1.29, 1.82) is 0 Å². The van der Waals surface area contributed by atoms with Gasteiger partial charge in [-0.05, 0) is 12.1 Å². The van der Waals surface area contributed by atoms with Crippen LogP contribution >= 0.6 is 0 Å². The molecule has 0 aliphatic rings. The lowest BCUT2D eigenvalue weighted by Crippen LogP contribution is -2.20. The predicted molar refractivity (Wildman–Crippen MR) is 60.6 cm³/mol. The fourth-order valence-corrected chi connectivity index (χ4v) is 1.60. The van der Waals surface area contributed by atoms with Gasteiger partial charge in [-0.3, -0.25) is 9.48 Å². The van der Waals surface area contributed by atoms with Crippen molar-refractivity contribution in [2.75, 3.05) is 12.4 Å². The average molecular weight is 203 g/mol. The number of hydrogen-bond donors (Lipinski definition) is 1. The first-order valence-corrected chi connectivity index (χ1v) is 4.76. The zero-order valence-electron chi connectivity index (χ0n) is 8.77. The summed E-state index contributed by atoms with van der Waals surface area (Å²) < 4.78 is 3.38. The molecule has 0 amide bonds. The first-order valence-electron chi connectivity index (χ1n) is 4.76. The molecular weight excluding hydrogens is 190 g/mol. The maximum atomic E-state index is 11.9. The number of benzene rings is 1. The Kier molecular flexibility index (Phi) is 2.33. The molecule has 0 atom stereocenters. The standard InChI is InChI=1S/C11H13N3O/c1-12-10-8-13(2)14(11(10)15)9-6-4-3-5-7-9/h3-8,12H,1-2H3. The fraction of sp³-hybridized carbons (Fsp3) is 0.182. The van der Waals surface area contributed by atoms with Gasteiger partial charge in [-0.15, -0.1) is 0 Å². The van der Waals surface area contributed by atoms with Gasteiger partial charge in [-0.25, -0.2) is 4.68 Å². The summed E-state index contributed by atoms with van der Waals surface area (Å²) in [6.45, 7) is 0. The molecule has 0 saturated carbocycles. The average Bonchev–Trinajstić information content (AvgIpc) is 2.55. The molecule has 15 heavy (non-hydrogen) atoms. The van der Waals surface area contributed by atoms with Crippen LogP contribution in [0, 0.1) is 0 Å². The van der Waals surface area contributed by atoms with Gasteiger partial charge in [0, 0.05) is 14.1 Å². The number of hydrogen-bond acceptors (Lipinski definition) is 2. The molecule has 2 rings (SSSR count). The van der Waals surface area contributed by atoms with E-state index in [1.54, 1.807) is 22.6 Å². The van der Waals surface area contributed by atoms with Crippen LogP contribution in [0.3, 0.4) is 0 Å². The number of anilines is 1. The second-order valence-corrected chi connectivity index (χ2v) is 3.32. The van der Waals surface area contributed by atoms with E-state index in [2.05, 4.69) is 5.32 Å². The van der Waals surface area contributed by atoms with E-state index >= 15 is 0 Å². The zero-order chi connectivity index (χ0) is 10.8. The normalized spacial score (nSPS) is 10.3. The van der Waals surface area contributed by atoms with Gasteiger partial charge in [0.2, 0.25) is 0 Å². The number of para-hydroxylation sites is 1. The van der Waals surface area contributed by atoms with E-state index in [1.165, 1.54) is 0 Å². The lowest BCUT2D eigenvalue weighted by Gasteiger charge is -2.05. The van der Waals surface area contributed by atoms with Crippen LogP contribution in [0.1, 0.15) is 0 Å². The van der Waals surface area contributed by atoms with Crippen molar-refractivity contribution in [1.82, 2.24) is 9.36 Å². The third-order valence-corrected chi connectivity index (χ3v) is 2.32. The first kappa shape index (κ1) is 9.58. The van der Waals surface area contributed by atoms with Gasteiger partial charge in [0.1, 0.15) is 5.69 Å². The second kappa shape index (κ2) is 3.65. The van der Waals surface area contributed by atoms with Crippen LogP contribution in [0.2, 0.25) is 0 Å². The van der Waals surface area contributed by atoms with Crippen LogP contribution in [-0.2, 0) is 7.05 Å². The number of nitrogens with zero attached hydrogens (tertiary/aromatic N) is 2. The van der Waals surface area contributed by atoms with Gasteiger partial charge < -0.3 is 5.32 Å². The Hall–Kier alpha value is -1.97. The summed E-state index contributed by atoms with van der Waals surface area (Å²) in [5.74, 6) is 0. The molecule has 4 heteroatoms. The molecule has 0 aliphatic carbocycles. The van der Waals surface area contributed by atoms with Gasteiger partial charge in [0.15, 0.2) is 0 Å². The number of rotatable bonds is 2. The molecule has 0 unspecified atom stereocenters. The SMILES string of the molecule is CNc1cn(C)n(-c2ccccc2)c1=O. The van der Waals surface area contributed by atoms with Crippen LogP contribution < -0.4 is 10.9 Å². The van der Waals surface area contributed by atoms with Crippen molar-refractivity contribution in [3.05, 3.63) is 46.9 Å². The number of aromatic nitrogens is 2. The highest BCUT2D eigenvalue weighted by Gasteiger charge is 2.08. The molecule has 0 aliphatic heterocycles. The molecule has 0 saturated heterocycles. The minimum atomic E-state index is -0.0359. The largest absolute Gasteiger partial charge is 0.382 e. The third kappa shape index (κ3) is 1.54. The topological polar surface area (TPSA) is 39.0 Å². The summed E-state index contributed by atoms with van der Waals surface area (Å²) in [6.07, 6.45) is 1.77.